The number of allylic oxidation sites excluding steroid dienone is 1. The third-order valence-corrected chi connectivity index (χ3v) is 3.89. The van der Waals surface area contributed by atoms with Gasteiger partial charge in [0.15, 0.2) is 0 Å². The summed E-state index contributed by atoms with van der Waals surface area (Å²) in [6.07, 6.45) is 2.75. The van der Waals surface area contributed by atoms with Crippen molar-refractivity contribution in [1.82, 2.24) is 4.90 Å². The van der Waals surface area contributed by atoms with Gasteiger partial charge in [-0.1, -0.05) is 20.4 Å². The molecule has 0 amide bonds. The van der Waals surface area contributed by atoms with Gasteiger partial charge in [0.25, 0.3) is 0 Å². The molecule has 1 aliphatic heterocycles. The first-order chi connectivity index (χ1) is 7.75. The lowest BCUT2D eigenvalue weighted by atomic mass is 10.3. The first-order valence-corrected chi connectivity index (χ1v) is 7.04. The van der Waals surface area contributed by atoms with Crippen molar-refractivity contribution in [3.8, 4) is 0 Å². The minimum absolute atomic E-state index is 1.14. The summed E-state index contributed by atoms with van der Waals surface area (Å²) in [5, 5.41) is 0. The van der Waals surface area contributed by atoms with Crippen molar-refractivity contribution in [2.45, 2.75) is 40.2 Å². The molecule has 1 aromatic heterocycles. The van der Waals surface area contributed by atoms with Crippen LogP contribution in [0.15, 0.2) is 18.7 Å². The van der Waals surface area contributed by atoms with E-state index in [-0.39, 0.29) is 0 Å². The molecule has 0 bridgehead atoms. The molecule has 0 radical (unpaired) electrons. The van der Waals surface area contributed by atoms with Gasteiger partial charge in [-0.25, -0.2) is 0 Å². The average Bonchev–Trinajstić information content (AvgIpc) is 2.92. The predicted octanol–water partition coefficient (Wildman–Crippen LogP) is 4.40. The zero-order valence-corrected chi connectivity index (χ0v) is 11.6. The highest BCUT2D eigenvalue weighted by molar-refractivity contribution is 7.13. The number of nitrogens with zero attached hydrogens (tertiary/aromatic N) is 1. The maximum absolute atomic E-state index is 3.97. The maximum Gasteiger partial charge on any atom is 0.0328 e. The van der Waals surface area contributed by atoms with E-state index in [1.54, 1.807) is 0 Å². The maximum atomic E-state index is 3.97. The van der Waals surface area contributed by atoms with Gasteiger partial charge >= 0.3 is 0 Å². The van der Waals surface area contributed by atoms with Crippen LogP contribution in [-0.4, -0.2) is 18.0 Å². The van der Waals surface area contributed by atoms with Crippen LogP contribution >= 0.6 is 11.3 Å². The SMILES string of the molecule is C=C(C)c1ccc(CN2CCCC2)s1.CC. The Bertz CT molecular complexity index is 321. The van der Waals surface area contributed by atoms with Gasteiger partial charge in [-0.3, -0.25) is 4.90 Å². The van der Waals surface area contributed by atoms with Crippen molar-refractivity contribution in [1.29, 1.82) is 0 Å². The Morgan fingerprint density at radius 2 is 1.94 bits per heavy atom. The minimum atomic E-state index is 1.14. The molecule has 2 heterocycles. The van der Waals surface area contributed by atoms with Crippen molar-refractivity contribution in [3.63, 3.8) is 0 Å². The van der Waals surface area contributed by atoms with Gasteiger partial charge in [-0.15, -0.1) is 11.3 Å². The third-order valence-electron chi connectivity index (χ3n) is 2.66. The first kappa shape index (κ1) is 13.5. The Kier molecular flexibility index (Phi) is 5.78. The number of hydrogen-bond acceptors (Lipinski definition) is 2. The zero-order valence-electron chi connectivity index (χ0n) is 10.8. The fraction of sp³-hybridized carbons (Fsp3) is 0.571. The summed E-state index contributed by atoms with van der Waals surface area (Å²) in [4.78, 5) is 5.35. The molecule has 2 heteroatoms. The van der Waals surface area contributed by atoms with E-state index >= 15 is 0 Å². The minimum Gasteiger partial charge on any atom is -0.298 e. The van der Waals surface area contributed by atoms with Crippen molar-refractivity contribution in [3.05, 3.63) is 28.5 Å². The highest BCUT2D eigenvalue weighted by atomic mass is 32.1. The first-order valence-electron chi connectivity index (χ1n) is 6.22. The van der Waals surface area contributed by atoms with E-state index in [1.165, 1.54) is 41.3 Å². The van der Waals surface area contributed by atoms with Gasteiger partial charge in [0.2, 0.25) is 0 Å². The number of hydrogen-bond donors (Lipinski definition) is 0. The second kappa shape index (κ2) is 6.87. The molecule has 0 unspecified atom stereocenters. The Morgan fingerprint density at radius 3 is 2.44 bits per heavy atom. The third kappa shape index (κ3) is 3.76. The molecule has 16 heavy (non-hydrogen) atoms. The average molecular weight is 237 g/mol. The summed E-state index contributed by atoms with van der Waals surface area (Å²) in [6.45, 7) is 13.7. The standard InChI is InChI=1S/C12H17NS.C2H6/c1-10(2)12-6-5-11(14-12)9-13-7-3-4-8-13;1-2/h5-6H,1,3-4,7-9H2,2H3;1-2H3. The van der Waals surface area contributed by atoms with Crippen LogP contribution in [0.2, 0.25) is 0 Å². The fourth-order valence-electron chi connectivity index (χ4n) is 1.85. The lowest BCUT2D eigenvalue weighted by Crippen LogP contribution is -2.17. The molecule has 0 atom stereocenters. The highest BCUT2D eigenvalue weighted by Crippen LogP contribution is 2.24. The van der Waals surface area contributed by atoms with Gasteiger partial charge in [-0.2, -0.15) is 0 Å². The van der Waals surface area contributed by atoms with Crippen molar-refractivity contribution < 1.29 is 0 Å². The summed E-state index contributed by atoms with van der Waals surface area (Å²) in [5.41, 5.74) is 1.18. The Labute approximate surface area is 104 Å². The van der Waals surface area contributed by atoms with E-state index < -0.39 is 0 Å². The van der Waals surface area contributed by atoms with Crippen molar-refractivity contribution in [2.75, 3.05) is 13.1 Å². The van der Waals surface area contributed by atoms with E-state index in [0.29, 0.717) is 0 Å². The van der Waals surface area contributed by atoms with Crippen LogP contribution in [0.3, 0.4) is 0 Å². The summed E-state index contributed by atoms with van der Waals surface area (Å²) in [7, 11) is 0. The highest BCUT2D eigenvalue weighted by Gasteiger charge is 2.12. The van der Waals surface area contributed by atoms with Crippen LogP contribution < -0.4 is 0 Å². The molecule has 0 spiro atoms. The van der Waals surface area contributed by atoms with Crippen LogP contribution in [0.5, 0.6) is 0 Å². The zero-order chi connectivity index (χ0) is 12.0. The molecule has 1 aromatic rings. The quantitative estimate of drug-likeness (QED) is 0.753. The van der Waals surface area contributed by atoms with Crippen molar-refractivity contribution >= 4 is 16.9 Å². The molecular formula is C14H23NS. The normalized spacial score (nSPS) is 15.7. The van der Waals surface area contributed by atoms with Crippen LogP contribution in [0.1, 0.15) is 43.4 Å². The molecule has 1 fully saturated rings. The molecule has 2 rings (SSSR count). The number of likely N-dealkylation sites (tertiary alicyclic amines) is 1. The molecule has 0 saturated carbocycles. The monoisotopic (exact) mass is 237 g/mol. The number of thiophene rings is 1. The Balaban J connectivity index is 0.000000606. The van der Waals surface area contributed by atoms with Crippen molar-refractivity contribution in [2.24, 2.45) is 0 Å². The number of rotatable bonds is 3. The summed E-state index contributed by atoms with van der Waals surface area (Å²) in [6, 6.07) is 4.44. The summed E-state index contributed by atoms with van der Waals surface area (Å²) >= 11 is 1.89. The van der Waals surface area contributed by atoms with Crippen LogP contribution in [0, 0.1) is 0 Å². The molecule has 0 aliphatic carbocycles. The molecule has 0 N–H and O–H groups in total. The second-order valence-electron chi connectivity index (χ2n) is 4.03. The van der Waals surface area contributed by atoms with Gasteiger partial charge in [0.1, 0.15) is 0 Å². The molecule has 1 aliphatic rings. The lowest BCUT2D eigenvalue weighted by molar-refractivity contribution is 0.334. The Hall–Kier alpha value is -0.600. The molecule has 1 saturated heterocycles. The molecule has 90 valence electrons. The molecular weight excluding hydrogens is 214 g/mol. The van der Waals surface area contributed by atoms with Crippen LogP contribution in [-0.2, 0) is 6.54 Å². The van der Waals surface area contributed by atoms with Gasteiger partial charge in [0.05, 0.1) is 0 Å². The summed E-state index contributed by atoms with van der Waals surface area (Å²) < 4.78 is 0. The predicted molar refractivity (Wildman–Crippen MR) is 74.9 cm³/mol. The summed E-state index contributed by atoms with van der Waals surface area (Å²) in [5.74, 6) is 0. The van der Waals surface area contributed by atoms with E-state index in [4.69, 9.17) is 0 Å². The molecule has 1 nitrogen and oxygen atoms in total. The molecule has 0 aromatic carbocycles. The van der Waals surface area contributed by atoms with E-state index in [0.717, 1.165) is 6.54 Å². The van der Waals surface area contributed by atoms with Gasteiger partial charge < -0.3 is 0 Å². The van der Waals surface area contributed by atoms with Crippen LogP contribution in [0.25, 0.3) is 5.57 Å². The lowest BCUT2D eigenvalue weighted by Gasteiger charge is -2.12. The largest absolute Gasteiger partial charge is 0.298 e. The van der Waals surface area contributed by atoms with E-state index in [2.05, 4.69) is 30.5 Å². The second-order valence-corrected chi connectivity index (χ2v) is 5.20. The smallest absolute Gasteiger partial charge is 0.0328 e. The van der Waals surface area contributed by atoms with Gasteiger partial charge in [0, 0.05) is 16.3 Å². The van der Waals surface area contributed by atoms with E-state index in [1.807, 2.05) is 25.2 Å². The Morgan fingerprint density at radius 1 is 1.31 bits per heavy atom. The van der Waals surface area contributed by atoms with Gasteiger partial charge in [-0.05, 0) is 50.6 Å². The fourth-order valence-corrected chi connectivity index (χ4v) is 2.83. The topological polar surface area (TPSA) is 3.24 Å². The van der Waals surface area contributed by atoms with E-state index in [9.17, 15) is 0 Å². The van der Waals surface area contributed by atoms with Crippen LogP contribution in [0.4, 0.5) is 0 Å².